The van der Waals surface area contributed by atoms with E-state index in [1.165, 1.54) is 12.4 Å². The van der Waals surface area contributed by atoms with Crippen LogP contribution in [-0.2, 0) is 16.1 Å². The van der Waals surface area contributed by atoms with E-state index >= 15 is 0 Å². The molecular formula is C21H21F3N6O3S. The van der Waals surface area contributed by atoms with Crippen LogP contribution in [0.5, 0.6) is 0 Å². The topological polar surface area (TPSA) is 118 Å². The Bertz CT molecular complexity index is 1160. The highest BCUT2D eigenvalue weighted by Gasteiger charge is 2.39. The number of ether oxygens (including phenoxy) is 1. The number of amides is 2. The van der Waals surface area contributed by atoms with Crippen LogP contribution in [0.1, 0.15) is 26.3 Å². The summed E-state index contributed by atoms with van der Waals surface area (Å²) in [6, 6.07) is 8.74. The number of carbonyl (C=O) groups is 2. The molecule has 3 N–H and O–H groups in total. The van der Waals surface area contributed by atoms with Gasteiger partial charge in [-0.3, -0.25) is 10.1 Å². The van der Waals surface area contributed by atoms with E-state index in [2.05, 4.69) is 25.6 Å². The van der Waals surface area contributed by atoms with Crippen molar-refractivity contribution in [2.75, 3.05) is 10.6 Å². The van der Waals surface area contributed by atoms with E-state index in [-0.39, 0.29) is 11.1 Å². The number of nitrogens with one attached hydrogen (secondary N) is 3. The van der Waals surface area contributed by atoms with Crippen molar-refractivity contribution in [1.29, 1.82) is 0 Å². The Morgan fingerprint density at radius 2 is 1.76 bits per heavy atom. The molecule has 0 bridgehead atoms. The normalized spacial score (nSPS) is 11.6. The average Bonchev–Trinajstić information content (AvgIpc) is 3.20. The minimum absolute atomic E-state index is 0.193. The van der Waals surface area contributed by atoms with Crippen molar-refractivity contribution in [3.8, 4) is 10.6 Å². The molecule has 9 nitrogen and oxygen atoms in total. The van der Waals surface area contributed by atoms with Gasteiger partial charge in [0.15, 0.2) is 5.13 Å². The molecule has 2 heterocycles. The second-order valence-corrected chi connectivity index (χ2v) is 8.96. The Morgan fingerprint density at radius 1 is 1.06 bits per heavy atom. The summed E-state index contributed by atoms with van der Waals surface area (Å²) >= 11 is 0.853. The van der Waals surface area contributed by atoms with E-state index in [0.717, 1.165) is 16.9 Å². The van der Waals surface area contributed by atoms with Gasteiger partial charge in [-0.2, -0.15) is 13.2 Å². The lowest BCUT2D eigenvalue weighted by molar-refractivity contribution is -0.167. The van der Waals surface area contributed by atoms with Crippen LogP contribution in [0.15, 0.2) is 42.7 Å². The number of aromatic nitrogens is 3. The third-order valence-electron chi connectivity index (χ3n) is 3.94. The zero-order valence-corrected chi connectivity index (χ0v) is 19.2. The average molecular weight is 494 g/mol. The Kier molecular flexibility index (Phi) is 7.35. The van der Waals surface area contributed by atoms with Crippen LogP contribution in [0.4, 0.5) is 34.7 Å². The van der Waals surface area contributed by atoms with Crippen molar-refractivity contribution >= 4 is 40.1 Å². The van der Waals surface area contributed by atoms with Gasteiger partial charge in [-0.25, -0.2) is 19.7 Å². The molecule has 3 rings (SSSR count). The molecule has 0 saturated heterocycles. The van der Waals surface area contributed by atoms with Gasteiger partial charge in [0, 0.05) is 24.6 Å². The van der Waals surface area contributed by atoms with E-state index in [1.54, 1.807) is 44.3 Å². The minimum Gasteiger partial charge on any atom is -0.444 e. The maximum absolute atomic E-state index is 12.4. The van der Waals surface area contributed by atoms with Crippen molar-refractivity contribution in [2.24, 2.45) is 0 Å². The predicted molar refractivity (Wildman–Crippen MR) is 121 cm³/mol. The highest BCUT2D eigenvalue weighted by atomic mass is 32.1. The van der Waals surface area contributed by atoms with Gasteiger partial charge in [0.25, 0.3) is 0 Å². The lowest BCUT2D eigenvalue weighted by atomic mass is 10.2. The molecule has 2 aromatic heterocycles. The Morgan fingerprint density at radius 3 is 2.41 bits per heavy atom. The maximum Gasteiger partial charge on any atom is 0.471 e. The van der Waals surface area contributed by atoms with Crippen molar-refractivity contribution in [1.82, 2.24) is 20.3 Å². The highest BCUT2D eigenvalue weighted by molar-refractivity contribution is 7.19. The fraction of sp³-hybridized carbons (Fsp3) is 0.286. The van der Waals surface area contributed by atoms with Gasteiger partial charge in [0.1, 0.15) is 5.60 Å². The largest absolute Gasteiger partial charge is 0.471 e. The molecule has 180 valence electrons. The quantitative estimate of drug-likeness (QED) is 0.447. The zero-order chi connectivity index (χ0) is 24.9. The first-order valence-corrected chi connectivity index (χ1v) is 10.7. The molecule has 0 unspecified atom stereocenters. The lowest BCUT2D eigenvalue weighted by Crippen LogP contribution is -2.32. The number of alkyl halides is 3. The predicted octanol–water partition coefficient (Wildman–Crippen LogP) is 4.87. The van der Waals surface area contributed by atoms with Crippen molar-refractivity contribution in [3.63, 3.8) is 0 Å². The van der Waals surface area contributed by atoms with Gasteiger partial charge in [-0.15, -0.1) is 0 Å². The van der Waals surface area contributed by atoms with Gasteiger partial charge in [0.2, 0.25) is 5.95 Å². The summed E-state index contributed by atoms with van der Waals surface area (Å²) in [5.74, 6) is -1.84. The number of halogens is 3. The second-order valence-electron chi connectivity index (χ2n) is 7.92. The van der Waals surface area contributed by atoms with Crippen molar-refractivity contribution in [2.45, 2.75) is 39.1 Å². The monoisotopic (exact) mass is 494 g/mol. The molecule has 0 fully saturated rings. The lowest BCUT2D eigenvalue weighted by Gasteiger charge is -2.19. The number of rotatable bonds is 6. The maximum atomic E-state index is 12.4. The first kappa shape index (κ1) is 24.9. The molecule has 0 aliphatic heterocycles. The second kappa shape index (κ2) is 10.0. The van der Waals surface area contributed by atoms with Crippen LogP contribution in [0.2, 0.25) is 0 Å². The number of thiazole rings is 1. The molecule has 0 radical (unpaired) electrons. The van der Waals surface area contributed by atoms with Gasteiger partial charge >= 0.3 is 18.2 Å². The highest BCUT2D eigenvalue weighted by Crippen LogP contribution is 2.29. The third kappa shape index (κ3) is 7.40. The number of alkyl carbamates (subject to hydrolysis) is 1. The Hall–Kier alpha value is -3.74. The Balaban J connectivity index is 1.60. The molecular weight excluding hydrogens is 473 g/mol. The fourth-order valence-corrected chi connectivity index (χ4v) is 3.28. The zero-order valence-electron chi connectivity index (χ0n) is 18.4. The SMILES string of the molecule is CC(C)(C)OC(=O)NCc1ccc(Nc2nccc(-c3cnc(NC(=O)C(F)(F)F)s3)n2)cc1. The van der Waals surface area contributed by atoms with Gasteiger partial charge < -0.3 is 15.4 Å². The number of nitrogens with zero attached hydrogens (tertiary/aromatic N) is 3. The number of carbonyl (C=O) groups excluding carboxylic acids is 2. The van der Waals surface area contributed by atoms with Crippen molar-refractivity contribution < 1.29 is 27.5 Å². The van der Waals surface area contributed by atoms with Gasteiger partial charge in [-0.1, -0.05) is 23.5 Å². The van der Waals surface area contributed by atoms with E-state index in [9.17, 15) is 22.8 Å². The molecule has 0 aliphatic rings. The first-order valence-electron chi connectivity index (χ1n) is 9.89. The molecule has 3 aromatic rings. The Labute approximate surface area is 196 Å². The van der Waals surface area contributed by atoms with Crippen LogP contribution in [0.3, 0.4) is 0 Å². The minimum atomic E-state index is -5.00. The van der Waals surface area contributed by atoms with Crippen LogP contribution < -0.4 is 16.0 Å². The molecule has 13 heteroatoms. The molecule has 34 heavy (non-hydrogen) atoms. The molecule has 0 saturated carbocycles. The molecule has 0 spiro atoms. The van der Waals surface area contributed by atoms with E-state index in [0.29, 0.717) is 22.8 Å². The molecule has 0 atom stereocenters. The van der Waals surface area contributed by atoms with Crippen molar-refractivity contribution in [3.05, 3.63) is 48.3 Å². The number of hydrogen-bond acceptors (Lipinski definition) is 8. The fourth-order valence-electron chi connectivity index (χ4n) is 2.50. The molecule has 2 amide bonds. The van der Waals surface area contributed by atoms with E-state index in [1.807, 2.05) is 12.1 Å². The number of hydrogen-bond donors (Lipinski definition) is 3. The smallest absolute Gasteiger partial charge is 0.444 e. The summed E-state index contributed by atoms with van der Waals surface area (Å²) < 4.78 is 42.4. The molecule has 1 aromatic carbocycles. The summed E-state index contributed by atoms with van der Waals surface area (Å²) in [7, 11) is 0. The van der Waals surface area contributed by atoms with Gasteiger partial charge in [-0.05, 0) is 44.5 Å². The van der Waals surface area contributed by atoms with Crippen LogP contribution >= 0.6 is 11.3 Å². The van der Waals surface area contributed by atoms with E-state index in [4.69, 9.17) is 4.74 Å². The third-order valence-corrected chi connectivity index (χ3v) is 4.87. The first-order chi connectivity index (χ1) is 15.9. The summed E-state index contributed by atoms with van der Waals surface area (Å²) in [5.41, 5.74) is 1.37. The van der Waals surface area contributed by atoms with Crippen LogP contribution in [0, 0.1) is 0 Å². The number of benzene rings is 1. The summed E-state index contributed by atoms with van der Waals surface area (Å²) in [6.45, 7) is 5.64. The summed E-state index contributed by atoms with van der Waals surface area (Å²) in [6.07, 6.45) is -2.71. The standard InChI is InChI=1S/C21H21F3N6O3S/c1-20(2,3)33-19(32)27-10-12-4-6-13(7-5-12)28-17-25-9-8-14(29-17)15-11-26-18(34-15)30-16(31)21(22,23)24/h4-9,11H,10H2,1-3H3,(H,27,32)(H,25,28,29)(H,26,30,31). The van der Waals surface area contributed by atoms with Gasteiger partial charge in [0.05, 0.1) is 10.6 Å². The van der Waals surface area contributed by atoms with Crippen LogP contribution in [-0.4, -0.2) is 38.7 Å². The summed E-state index contributed by atoms with van der Waals surface area (Å²) in [4.78, 5) is 35.5. The number of anilines is 3. The molecule has 0 aliphatic carbocycles. The van der Waals surface area contributed by atoms with E-state index < -0.39 is 23.8 Å². The summed E-state index contributed by atoms with van der Waals surface area (Å²) in [5, 5.41) is 7.22. The van der Waals surface area contributed by atoms with Crippen LogP contribution in [0.25, 0.3) is 10.6 Å².